The molecule has 0 N–H and O–H groups in total. The molecule has 0 unspecified atom stereocenters. The zero-order valence-electron chi connectivity index (χ0n) is 7.31. The summed E-state index contributed by atoms with van der Waals surface area (Å²) in [5.74, 6) is 0. The fraction of sp³-hybridized carbons (Fsp3) is 0.100. The summed E-state index contributed by atoms with van der Waals surface area (Å²) in [6.45, 7) is 1.87. The Kier molecular flexibility index (Phi) is 2.56. The minimum absolute atomic E-state index is 0.526. The smallest absolute Gasteiger partial charge is 0.0907 e. The highest BCUT2D eigenvalue weighted by atomic mass is 35.5. The van der Waals surface area contributed by atoms with Crippen LogP contribution in [-0.2, 0) is 0 Å². The number of aryl methyl sites for hydroxylation is 1. The van der Waals surface area contributed by atoms with E-state index < -0.39 is 0 Å². The van der Waals surface area contributed by atoms with Gasteiger partial charge in [-0.25, -0.2) is 0 Å². The summed E-state index contributed by atoms with van der Waals surface area (Å²) in [4.78, 5) is 4.30. The molecule has 14 heavy (non-hydrogen) atoms. The number of halogens is 3. The molecule has 4 heteroatoms. The van der Waals surface area contributed by atoms with Gasteiger partial charge in [0.1, 0.15) is 0 Å². The average Bonchev–Trinajstić information content (AvgIpc) is 2.07. The van der Waals surface area contributed by atoms with Crippen molar-refractivity contribution >= 4 is 45.7 Å². The monoisotopic (exact) mass is 245 g/mol. The lowest BCUT2D eigenvalue weighted by Crippen LogP contribution is -1.85. The molecule has 0 saturated carbocycles. The molecule has 0 bridgehead atoms. The molecule has 1 aromatic heterocycles. The Labute approximate surface area is 96.6 Å². The number of nitrogens with zero attached hydrogens (tertiary/aromatic N) is 1. The van der Waals surface area contributed by atoms with Gasteiger partial charge in [0.05, 0.1) is 15.6 Å². The molecule has 1 aromatic carbocycles. The summed E-state index contributed by atoms with van der Waals surface area (Å²) >= 11 is 17.9. The Morgan fingerprint density at radius 3 is 2.43 bits per heavy atom. The van der Waals surface area contributed by atoms with Crippen molar-refractivity contribution in [3.63, 3.8) is 0 Å². The van der Waals surface area contributed by atoms with Gasteiger partial charge in [-0.2, -0.15) is 0 Å². The molecule has 1 heterocycles. The second kappa shape index (κ2) is 3.58. The standard InChI is InChI=1S/C10H6Cl3N/c1-5-2-8(12)7-3-6(11)4-9(13)10(7)14-5/h2-4H,1H3. The van der Waals surface area contributed by atoms with Crippen molar-refractivity contribution < 1.29 is 0 Å². The third-order valence-corrected chi connectivity index (χ3v) is 2.73. The first kappa shape index (κ1) is 10.0. The third kappa shape index (κ3) is 1.68. The van der Waals surface area contributed by atoms with Crippen LogP contribution in [0.5, 0.6) is 0 Å². The van der Waals surface area contributed by atoms with Crippen LogP contribution in [0.25, 0.3) is 10.9 Å². The van der Waals surface area contributed by atoms with Gasteiger partial charge < -0.3 is 0 Å². The molecule has 0 atom stereocenters. The molecule has 0 aliphatic rings. The van der Waals surface area contributed by atoms with Gasteiger partial charge in [0.2, 0.25) is 0 Å². The zero-order valence-corrected chi connectivity index (χ0v) is 9.58. The van der Waals surface area contributed by atoms with Crippen molar-refractivity contribution in [1.82, 2.24) is 4.98 Å². The molecule has 2 aromatic rings. The Bertz CT molecular complexity index is 461. The number of rotatable bonds is 0. The van der Waals surface area contributed by atoms with E-state index in [2.05, 4.69) is 4.98 Å². The average molecular weight is 247 g/mol. The van der Waals surface area contributed by atoms with Gasteiger partial charge in [-0.15, -0.1) is 0 Å². The van der Waals surface area contributed by atoms with E-state index in [0.717, 1.165) is 11.1 Å². The number of hydrogen-bond acceptors (Lipinski definition) is 1. The summed E-state index contributed by atoms with van der Waals surface area (Å²) in [6.07, 6.45) is 0. The van der Waals surface area contributed by atoms with Crippen LogP contribution in [0.4, 0.5) is 0 Å². The topological polar surface area (TPSA) is 12.9 Å². The third-order valence-electron chi connectivity index (χ3n) is 1.91. The van der Waals surface area contributed by atoms with E-state index in [1.54, 1.807) is 18.2 Å². The lowest BCUT2D eigenvalue weighted by Gasteiger charge is -2.04. The fourth-order valence-electron chi connectivity index (χ4n) is 1.33. The van der Waals surface area contributed by atoms with Gasteiger partial charge in [0.15, 0.2) is 0 Å². The number of benzene rings is 1. The predicted molar refractivity (Wildman–Crippen MR) is 61.5 cm³/mol. The minimum Gasteiger partial charge on any atom is -0.251 e. The van der Waals surface area contributed by atoms with Crippen molar-refractivity contribution in [2.45, 2.75) is 6.92 Å². The van der Waals surface area contributed by atoms with Crippen molar-refractivity contribution in [3.8, 4) is 0 Å². The Balaban J connectivity index is 2.94. The number of aromatic nitrogens is 1. The van der Waals surface area contributed by atoms with Crippen molar-refractivity contribution in [1.29, 1.82) is 0 Å². The second-order valence-electron chi connectivity index (χ2n) is 3.03. The summed E-state index contributed by atoms with van der Waals surface area (Å²) in [6, 6.07) is 5.21. The van der Waals surface area contributed by atoms with Gasteiger partial charge in [0.25, 0.3) is 0 Å². The fourth-order valence-corrected chi connectivity index (χ4v) is 2.17. The summed E-state index contributed by atoms with van der Waals surface area (Å²) in [7, 11) is 0. The van der Waals surface area contributed by atoms with Crippen molar-refractivity contribution in [2.75, 3.05) is 0 Å². The van der Waals surface area contributed by atoms with Crippen LogP contribution in [0.3, 0.4) is 0 Å². The Morgan fingerprint density at radius 2 is 1.71 bits per heavy atom. The molecule has 72 valence electrons. The summed E-state index contributed by atoms with van der Waals surface area (Å²) in [5, 5.41) is 2.50. The molecule has 0 amide bonds. The van der Waals surface area contributed by atoms with E-state index in [-0.39, 0.29) is 0 Å². The molecule has 1 nitrogen and oxygen atoms in total. The van der Waals surface area contributed by atoms with E-state index in [0.29, 0.717) is 20.6 Å². The van der Waals surface area contributed by atoms with E-state index >= 15 is 0 Å². The van der Waals surface area contributed by atoms with Crippen LogP contribution in [0, 0.1) is 6.92 Å². The van der Waals surface area contributed by atoms with Crippen LogP contribution in [-0.4, -0.2) is 4.98 Å². The maximum Gasteiger partial charge on any atom is 0.0907 e. The minimum atomic E-state index is 0.526. The van der Waals surface area contributed by atoms with E-state index in [1.165, 1.54) is 0 Å². The molecule has 0 radical (unpaired) electrons. The molecular formula is C10H6Cl3N. The molecule has 2 rings (SSSR count). The van der Waals surface area contributed by atoms with Gasteiger partial charge >= 0.3 is 0 Å². The van der Waals surface area contributed by atoms with E-state index in [9.17, 15) is 0 Å². The summed E-state index contributed by atoms with van der Waals surface area (Å²) in [5.41, 5.74) is 1.53. The largest absolute Gasteiger partial charge is 0.251 e. The van der Waals surface area contributed by atoms with Gasteiger partial charge in [-0.1, -0.05) is 34.8 Å². The predicted octanol–water partition coefficient (Wildman–Crippen LogP) is 4.50. The van der Waals surface area contributed by atoms with Crippen LogP contribution < -0.4 is 0 Å². The SMILES string of the molecule is Cc1cc(Cl)c2cc(Cl)cc(Cl)c2n1. The van der Waals surface area contributed by atoms with Crippen LogP contribution >= 0.6 is 34.8 Å². The lowest BCUT2D eigenvalue weighted by molar-refractivity contribution is 1.26. The molecule has 0 fully saturated rings. The second-order valence-corrected chi connectivity index (χ2v) is 4.28. The normalized spacial score (nSPS) is 10.9. The Morgan fingerprint density at radius 1 is 1.00 bits per heavy atom. The van der Waals surface area contributed by atoms with E-state index in [4.69, 9.17) is 34.8 Å². The molecular weight excluding hydrogens is 240 g/mol. The van der Waals surface area contributed by atoms with Crippen molar-refractivity contribution in [3.05, 3.63) is 39.0 Å². The van der Waals surface area contributed by atoms with E-state index in [1.807, 2.05) is 6.92 Å². The zero-order chi connectivity index (χ0) is 10.3. The molecule has 0 spiro atoms. The Hall–Kier alpha value is -0.500. The number of pyridine rings is 1. The van der Waals surface area contributed by atoms with Crippen molar-refractivity contribution in [2.24, 2.45) is 0 Å². The molecule has 0 aliphatic carbocycles. The van der Waals surface area contributed by atoms with Crippen LogP contribution in [0.1, 0.15) is 5.69 Å². The quantitative estimate of drug-likeness (QED) is 0.667. The van der Waals surface area contributed by atoms with Crippen LogP contribution in [0.2, 0.25) is 15.1 Å². The highest BCUT2D eigenvalue weighted by Crippen LogP contribution is 2.31. The van der Waals surface area contributed by atoms with Crippen LogP contribution in [0.15, 0.2) is 18.2 Å². The molecule has 0 saturated heterocycles. The van der Waals surface area contributed by atoms with Gasteiger partial charge in [-0.3, -0.25) is 4.98 Å². The first-order valence-electron chi connectivity index (χ1n) is 4.00. The number of fused-ring (bicyclic) bond motifs is 1. The maximum atomic E-state index is 6.05. The summed E-state index contributed by atoms with van der Waals surface area (Å²) < 4.78 is 0. The van der Waals surface area contributed by atoms with Gasteiger partial charge in [0, 0.05) is 16.1 Å². The maximum absolute atomic E-state index is 6.05. The first-order chi connectivity index (χ1) is 6.58. The highest BCUT2D eigenvalue weighted by molar-refractivity contribution is 6.41. The lowest BCUT2D eigenvalue weighted by atomic mass is 10.2. The number of hydrogen-bond donors (Lipinski definition) is 0. The first-order valence-corrected chi connectivity index (χ1v) is 5.13. The van der Waals surface area contributed by atoms with Gasteiger partial charge in [-0.05, 0) is 25.1 Å². The molecule has 0 aliphatic heterocycles. The highest BCUT2D eigenvalue weighted by Gasteiger charge is 2.07.